The third-order valence-electron chi connectivity index (χ3n) is 5.20. The van der Waals surface area contributed by atoms with Crippen molar-refractivity contribution in [2.45, 2.75) is 38.3 Å². The van der Waals surface area contributed by atoms with E-state index < -0.39 is 11.6 Å². The first-order valence-electron chi connectivity index (χ1n) is 8.48. The molecule has 2 aromatic carbocycles. The highest BCUT2D eigenvalue weighted by atomic mass is 19.1. The molecule has 1 fully saturated rings. The van der Waals surface area contributed by atoms with Crippen LogP contribution in [0.2, 0.25) is 0 Å². The van der Waals surface area contributed by atoms with Crippen LogP contribution >= 0.6 is 0 Å². The normalized spacial score (nSPS) is 22.2. The molecule has 1 atom stereocenters. The minimum absolute atomic E-state index is 0.130. The van der Waals surface area contributed by atoms with E-state index in [2.05, 4.69) is 11.4 Å². The van der Waals surface area contributed by atoms with E-state index in [-0.39, 0.29) is 18.3 Å². The molecule has 1 aliphatic carbocycles. The number of carbonyl (C=O) groups is 2. The van der Waals surface area contributed by atoms with Crippen LogP contribution in [0, 0.1) is 5.82 Å². The van der Waals surface area contributed by atoms with Crippen LogP contribution in [-0.2, 0) is 29.7 Å². The number of fused-ring (bicyclic) bond motifs is 1. The molecule has 0 spiro atoms. The summed E-state index contributed by atoms with van der Waals surface area (Å²) in [6.45, 7) is 1.88. The summed E-state index contributed by atoms with van der Waals surface area (Å²) in [5.41, 5.74) is 3.05. The first-order chi connectivity index (χ1) is 12.0. The Morgan fingerprint density at radius 3 is 2.56 bits per heavy atom. The Hall–Kier alpha value is -2.69. The van der Waals surface area contributed by atoms with Gasteiger partial charge in [-0.3, -0.25) is 9.69 Å². The number of aryl methyl sites for hydroxylation is 2. The van der Waals surface area contributed by atoms with Crippen molar-refractivity contribution in [2.24, 2.45) is 0 Å². The van der Waals surface area contributed by atoms with Gasteiger partial charge in [0.15, 0.2) is 0 Å². The number of benzene rings is 2. The number of imide groups is 1. The van der Waals surface area contributed by atoms with Gasteiger partial charge < -0.3 is 5.32 Å². The molecule has 2 aliphatic rings. The third-order valence-corrected chi connectivity index (χ3v) is 5.20. The largest absolute Gasteiger partial charge is 0.325 e. The maximum absolute atomic E-state index is 13.0. The summed E-state index contributed by atoms with van der Waals surface area (Å²) in [5.74, 6) is -0.622. The van der Waals surface area contributed by atoms with Gasteiger partial charge in [-0.1, -0.05) is 30.3 Å². The molecule has 2 aromatic rings. The van der Waals surface area contributed by atoms with Crippen LogP contribution in [0.1, 0.15) is 35.6 Å². The van der Waals surface area contributed by atoms with Crippen molar-refractivity contribution in [3.05, 3.63) is 70.5 Å². The average Bonchev–Trinajstić information content (AvgIpc) is 3.15. The summed E-state index contributed by atoms with van der Waals surface area (Å²) < 4.78 is 13.0. The van der Waals surface area contributed by atoms with Gasteiger partial charge in [-0.2, -0.15) is 0 Å². The summed E-state index contributed by atoms with van der Waals surface area (Å²) in [5, 5.41) is 2.83. The number of urea groups is 1. The molecule has 0 radical (unpaired) electrons. The predicted molar refractivity (Wildman–Crippen MR) is 91.3 cm³/mol. The van der Waals surface area contributed by atoms with Gasteiger partial charge in [-0.25, -0.2) is 9.18 Å². The monoisotopic (exact) mass is 338 g/mol. The van der Waals surface area contributed by atoms with Gasteiger partial charge in [-0.05, 0) is 60.6 Å². The number of nitrogens with zero attached hydrogens (tertiary/aromatic N) is 1. The van der Waals surface area contributed by atoms with Crippen LogP contribution in [0.15, 0.2) is 42.5 Å². The van der Waals surface area contributed by atoms with Crippen LogP contribution in [0.3, 0.4) is 0 Å². The van der Waals surface area contributed by atoms with Crippen molar-refractivity contribution < 1.29 is 14.0 Å². The van der Waals surface area contributed by atoms with Crippen molar-refractivity contribution in [1.82, 2.24) is 10.2 Å². The Balaban J connectivity index is 1.62. The number of rotatable bonds is 3. The van der Waals surface area contributed by atoms with E-state index in [1.807, 2.05) is 12.1 Å². The molecule has 4 rings (SSSR count). The fourth-order valence-electron chi connectivity index (χ4n) is 3.69. The van der Waals surface area contributed by atoms with Crippen LogP contribution in [0.25, 0.3) is 0 Å². The second-order valence-electron chi connectivity index (χ2n) is 6.91. The lowest BCUT2D eigenvalue weighted by molar-refractivity contribution is -0.131. The molecular formula is C20H19FN2O2. The number of carbonyl (C=O) groups excluding carboxylic acids is 2. The van der Waals surface area contributed by atoms with Crippen molar-refractivity contribution in [2.75, 3.05) is 0 Å². The zero-order valence-corrected chi connectivity index (χ0v) is 14.0. The standard InChI is InChI=1S/C20H19FN2O2/c1-20(16-8-7-14-3-2-4-15(14)11-16)18(24)23(19(25)22-20)12-13-5-9-17(21)10-6-13/h5-11H,2-4,12H2,1H3,(H,22,25)/t20-/m1/s1. The second-order valence-corrected chi connectivity index (χ2v) is 6.91. The van der Waals surface area contributed by atoms with Gasteiger partial charge in [-0.15, -0.1) is 0 Å². The Labute approximate surface area is 145 Å². The minimum Gasteiger partial charge on any atom is -0.319 e. The molecule has 0 unspecified atom stereocenters. The molecule has 1 N–H and O–H groups in total. The molecule has 25 heavy (non-hydrogen) atoms. The Kier molecular flexibility index (Phi) is 3.60. The third kappa shape index (κ3) is 2.60. The lowest BCUT2D eigenvalue weighted by Gasteiger charge is -2.23. The van der Waals surface area contributed by atoms with Gasteiger partial charge in [0, 0.05) is 0 Å². The van der Waals surface area contributed by atoms with Gasteiger partial charge in [0.25, 0.3) is 5.91 Å². The quantitative estimate of drug-likeness (QED) is 0.873. The molecule has 128 valence electrons. The highest BCUT2D eigenvalue weighted by molar-refractivity contribution is 6.07. The molecule has 0 bridgehead atoms. The first-order valence-corrected chi connectivity index (χ1v) is 8.48. The van der Waals surface area contributed by atoms with E-state index in [4.69, 9.17) is 0 Å². The highest BCUT2D eigenvalue weighted by Gasteiger charge is 2.49. The molecule has 4 nitrogen and oxygen atoms in total. The van der Waals surface area contributed by atoms with Gasteiger partial charge in [0.1, 0.15) is 11.4 Å². The predicted octanol–water partition coefficient (Wildman–Crippen LogP) is 3.28. The van der Waals surface area contributed by atoms with Crippen molar-refractivity contribution in [3.63, 3.8) is 0 Å². The highest BCUT2D eigenvalue weighted by Crippen LogP contribution is 2.33. The van der Waals surface area contributed by atoms with Crippen molar-refractivity contribution in [3.8, 4) is 0 Å². The lowest BCUT2D eigenvalue weighted by Crippen LogP contribution is -2.40. The number of amides is 3. The molecule has 1 heterocycles. The Morgan fingerprint density at radius 1 is 1.08 bits per heavy atom. The Bertz CT molecular complexity index is 862. The zero-order chi connectivity index (χ0) is 17.6. The summed E-state index contributed by atoms with van der Waals surface area (Å²) in [7, 11) is 0. The molecule has 1 aliphatic heterocycles. The van der Waals surface area contributed by atoms with E-state index in [0.717, 1.165) is 24.8 Å². The average molecular weight is 338 g/mol. The van der Waals surface area contributed by atoms with E-state index in [9.17, 15) is 14.0 Å². The minimum atomic E-state index is -1.06. The second kappa shape index (κ2) is 5.69. The van der Waals surface area contributed by atoms with Crippen molar-refractivity contribution in [1.29, 1.82) is 0 Å². The Morgan fingerprint density at radius 2 is 1.80 bits per heavy atom. The fraction of sp³-hybridized carbons (Fsp3) is 0.300. The fourth-order valence-corrected chi connectivity index (χ4v) is 3.69. The summed E-state index contributed by atoms with van der Waals surface area (Å²) in [4.78, 5) is 26.6. The number of nitrogens with one attached hydrogen (secondary N) is 1. The lowest BCUT2D eigenvalue weighted by atomic mass is 9.89. The molecule has 1 saturated heterocycles. The summed E-state index contributed by atoms with van der Waals surface area (Å²) >= 11 is 0. The van der Waals surface area contributed by atoms with Crippen molar-refractivity contribution >= 4 is 11.9 Å². The topological polar surface area (TPSA) is 49.4 Å². The smallest absolute Gasteiger partial charge is 0.319 e. The van der Waals surface area contributed by atoms with Gasteiger partial charge >= 0.3 is 6.03 Å². The van der Waals surface area contributed by atoms with E-state index in [1.165, 1.54) is 28.2 Å². The van der Waals surface area contributed by atoms with Gasteiger partial charge in [0.2, 0.25) is 0 Å². The molecule has 0 saturated carbocycles. The molecule has 0 aromatic heterocycles. The van der Waals surface area contributed by atoms with Gasteiger partial charge in [0.05, 0.1) is 6.54 Å². The van der Waals surface area contributed by atoms with Crippen LogP contribution < -0.4 is 5.32 Å². The van der Waals surface area contributed by atoms with E-state index in [1.54, 1.807) is 19.1 Å². The number of hydrogen-bond acceptors (Lipinski definition) is 2. The molecule has 5 heteroatoms. The number of halogens is 1. The maximum atomic E-state index is 13.0. The molecular weight excluding hydrogens is 319 g/mol. The SMILES string of the molecule is C[C@]1(c2ccc3c(c2)CCC3)NC(=O)N(Cc2ccc(F)cc2)C1=O. The number of hydrogen-bond donors (Lipinski definition) is 1. The first kappa shape index (κ1) is 15.8. The van der Waals surface area contributed by atoms with E-state index >= 15 is 0 Å². The maximum Gasteiger partial charge on any atom is 0.325 e. The molecule has 3 amide bonds. The van der Waals surface area contributed by atoms with Crippen LogP contribution in [-0.4, -0.2) is 16.8 Å². The zero-order valence-electron chi connectivity index (χ0n) is 14.0. The van der Waals surface area contributed by atoms with Crippen LogP contribution in [0.4, 0.5) is 9.18 Å². The summed E-state index contributed by atoms with van der Waals surface area (Å²) in [6.07, 6.45) is 3.22. The van der Waals surface area contributed by atoms with E-state index in [0.29, 0.717) is 5.56 Å². The summed E-state index contributed by atoms with van der Waals surface area (Å²) in [6, 6.07) is 11.4. The van der Waals surface area contributed by atoms with Crippen LogP contribution in [0.5, 0.6) is 0 Å².